The summed E-state index contributed by atoms with van der Waals surface area (Å²) in [6.45, 7) is 3.58. The molecule has 0 bridgehead atoms. The number of benzene rings is 2. The Morgan fingerprint density at radius 2 is 1.87 bits per heavy atom. The van der Waals surface area contributed by atoms with E-state index in [9.17, 15) is 13.2 Å². The predicted octanol–water partition coefficient (Wildman–Crippen LogP) is 2.92. The number of sulfonamides is 1. The zero-order valence-corrected chi connectivity index (χ0v) is 18.4. The zero-order valence-electron chi connectivity index (χ0n) is 16.9. The number of hydrazone groups is 1. The van der Waals surface area contributed by atoms with Gasteiger partial charge >= 0.3 is 0 Å². The zero-order chi connectivity index (χ0) is 22.6. The van der Waals surface area contributed by atoms with Crippen LogP contribution in [0.5, 0.6) is 5.75 Å². The van der Waals surface area contributed by atoms with Crippen LogP contribution in [-0.2, 0) is 14.8 Å². The van der Waals surface area contributed by atoms with Crippen molar-refractivity contribution in [3.05, 3.63) is 76.6 Å². The lowest BCUT2D eigenvalue weighted by Gasteiger charge is -2.10. The average molecular weight is 461 g/mol. The summed E-state index contributed by atoms with van der Waals surface area (Å²) in [4.78, 5) is 12.0. The van der Waals surface area contributed by atoms with Crippen molar-refractivity contribution in [2.75, 3.05) is 6.61 Å². The lowest BCUT2D eigenvalue weighted by Crippen LogP contribution is -2.24. The van der Waals surface area contributed by atoms with Gasteiger partial charge < -0.3 is 9.30 Å². The number of hydrogen-bond acceptors (Lipinski definition) is 5. The van der Waals surface area contributed by atoms with Gasteiger partial charge in [0.05, 0.1) is 16.1 Å². The monoisotopic (exact) mass is 460 g/mol. The number of nitrogens with two attached hydrogens (primary N) is 1. The van der Waals surface area contributed by atoms with E-state index in [1.807, 2.05) is 24.5 Å². The fraction of sp³-hybridized carbons (Fsp3) is 0.143. The van der Waals surface area contributed by atoms with Gasteiger partial charge in [-0.1, -0.05) is 23.7 Å². The molecular formula is C21H21ClN4O4S. The van der Waals surface area contributed by atoms with Crippen molar-refractivity contribution in [2.24, 2.45) is 10.2 Å². The third-order valence-electron chi connectivity index (χ3n) is 4.48. The molecular weight excluding hydrogens is 440 g/mol. The molecule has 1 amide bonds. The Kier molecular flexibility index (Phi) is 6.79. The van der Waals surface area contributed by atoms with Crippen LogP contribution in [0.15, 0.2) is 64.6 Å². The lowest BCUT2D eigenvalue weighted by molar-refractivity contribution is -0.123. The van der Waals surface area contributed by atoms with Gasteiger partial charge in [-0.15, -0.1) is 0 Å². The van der Waals surface area contributed by atoms with Crippen LogP contribution in [0.2, 0.25) is 5.02 Å². The van der Waals surface area contributed by atoms with Crippen LogP contribution in [0, 0.1) is 13.8 Å². The molecule has 3 rings (SSSR count). The molecule has 3 aromatic rings. The molecule has 0 aliphatic carbocycles. The number of aryl methyl sites for hydroxylation is 1. The molecule has 2 aromatic carbocycles. The summed E-state index contributed by atoms with van der Waals surface area (Å²) >= 11 is 5.98. The van der Waals surface area contributed by atoms with Crippen LogP contribution in [0.4, 0.5) is 0 Å². The minimum atomic E-state index is -3.75. The van der Waals surface area contributed by atoms with E-state index in [0.29, 0.717) is 10.8 Å². The summed E-state index contributed by atoms with van der Waals surface area (Å²) in [5, 5.41) is 9.55. The Morgan fingerprint density at radius 3 is 2.52 bits per heavy atom. The number of carbonyl (C=O) groups excluding carboxylic acids is 1. The van der Waals surface area contributed by atoms with Gasteiger partial charge in [0.2, 0.25) is 10.0 Å². The quantitative estimate of drug-likeness (QED) is 0.416. The number of rotatable bonds is 7. The van der Waals surface area contributed by atoms with E-state index in [2.05, 4.69) is 10.5 Å². The largest absolute Gasteiger partial charge is 0.482 e. The third kappa shape index (κ3) is 5.52. The molecule has 0 atom stereocenters. The van der Waals surface area contributed by atoms with E-state index < -0.39 is 15.9 Å². The minimum absolute atomic E-state index is 0.0437. The number of nitrogens with zero attached hydrogens (tertiary/aromatic N) is 2. The first-order chi connectivity index (χ1) is 14.7. The standard InChI is InChI=1S/C21H21ClN4O4S/c1-14-11-16(12-24-25-21(27)13-30-20-6-4-3-5-19(20)22)15(2)26(14)17-7-9-18(10-8-17)31(23,28)29/h3-12H,13H2,1-2H3,(H,25,27)(H2,23,28,29). The van der Waals surface area contributed by atoms with Crippen LogP contribution in [-0.4, -0.2) is 31.7 Å². The summed E-state index contributed by atoms with van der Waals surface area (Å²) in [6, 6.07) is 15.0. The average Bonchev–Trinajstić information content (AvgIpc) is 3.00. The summed E-state index contributed by atoms with van der Waals surface area (Å²) in [6.07, 6.45) is 1.53. The van der Waals surface area contributed by atoms with Crippen LogP contribution >= 0.6 is 11.6 Å². The molecule has 1 aromatic heterocycles. The molecule has 0 unspecified atom stereocenters. The summed E-state index contributed by atoms with van der Waals surface area (Å²) < 4.78 is 30.2. The number of nitrogens with one attached hydrogen (secondary N) is 1. The second-order valence-corrected chi connectivity index (χ2v) is 8.68. The van der Waals surface area contributed by atoms with Crippen molar-refractivity contribution in [3.8, 4) is 11.4 Å². The predicted molar refractivity (Wildman–Crippen MR) is 119 cm³/mol. The van der Waals surface area contributed by atoms with E-state index in [1.54, 1.807) is 36.4 Å². The first kappa shape index (κ1) is 22.5. The van der Waals surface area contributed by atoms with Crippen molar-refractivity contribution < 1.29 is 17.9 Å². The Morgan fingerprint density at radius 1 is 1.19 bits per heavy atom. The molecule has 3 N–H and O–H groups in total. The molecule has 0 aliphatic rings. The number of amides is 1. The summed E-state index contributed by atoms with van der Waals surface area (Å²) in [5.41, 5.74) is 5.76. The van der Waals surface area contributed by atoms with Gasteiger partial charge in [0, 0.05) is 22.6 Å². The molecule has 31 heavy (non-hydrogen) atoms. The topological polar surface area (TPSA) is 116 Å². The molecule has 162 valence electrons. The number of halogens is 1. The van der Waals surface area contributed by atoms with E-state index in [4.69, 9.17) is 21.5 Å². The first-order valence-corrected chi connectivity index (χ1v) is 11.1. The molecule has 8 nitrogen and oxygen atoms in total. The van der Waals surface area contributed by atoms with Gasteiger partial charge in [0.15, 0.2) is 6.61 Å². The molecule has 0 aliphatic heterocycles. The maximum Gasteiger partial charge on any atom is 0.277 e. The molecule has 0 saturated heterocycles. The maximum atomic E-state index is 12.0. The van der Waals surface area contributed by atoms with E-state index in [-0.39, 0.29) is 11.5 Å². The van der Waals surface area contributed by atoms with Gasteiger partial charge in [-0.05, 0) is 56.3 Å². The molecule has 1 heterocycles. The number of ether oxygens (including phenoxy) is 1. The highest BCUT2D eigenvalue weighted by Crippen LogP contribution is 2.23. The van der Waals surface area contributed by atoms with Gasteiger partial charge in [0.1, 0.15) is 5.75 Å². The van der Waals surface area contributed by atoms with E-state index in [1.165, 1.54) is 18.3 Å². The Bertz CT molecular complexity index is 1230. The first-order valence-electron chi connectivity index (χ1n) is 9.18. The molecule has 0 radical (unpaired) electrons. The van der Waals surface area contributed by atoms with E-state index >= 15 is 0 Å². The SMILES string of the molecule is Cc1cc(C=NNC(=O)COc2ccccc2Cl)c(C)n1-c1ccc(S(N)(=O)=O)cc1. The fourth-order valence-corrected chi connectivity index (χ4v) is 3.72. The van der Waals surface area contributed by atoms with Gasteiger partial charge in [-0.2, -0.15) is 5.10 Å². The smallest absolute Gasteiger partial charge is 0.277 e. The lowest BCUT2D eigenvalue weighted by atomic mass is 10.2. The van der Waals surface area contributed by atoms with Gasteiger partial charge in [0.25, 0.3) is 5.91 Å². The molecule has 0 saturated carbocycles. The van der Waals surface area contributed by atoms with Crippen LogP contribution in [0.3, 0.4) is 0 Å². The Balaban J connectivity index is 1.67. The highest BCUT2D eigenvalue weighted by Gasteiger charge is 2.12. The van der Waals surface area contributed by atoms with Crippen molar-refractivity contribution in [3.63, 3.8) is 0 Å². The highest BCUT2D eigenvalue weighted by molar-refractivity contribution is 7.89. The van der Waals surface area contributed by atoms with Crippen LogP contribution in [0.1, 0.15) is 17.0 Å². The van der Waals surface area contributed by atoms with Crippen molar-refractivity contribution >= 4 is 33.7 Å². The van der Waals surface area contributed by atoms with Crippen LogP contribution in [0.25, 0.3) is 5.69 Å². The Labute approximate surface area is 185 Å². The molecule has 0 fully saturated rings. The number of carbonyl (C=O) groups is 1. The third-order valence-corrected chi connectivity index (χ3v) is 5.72. The second kappa shape index (κ2) is 9.34. The normalized spacial score (nSPS) is 11.6. The number of aromatic nitrogens is 1. The van der Waals surface area contributed by atoms with Crippen molar-refractivity contribution in [1.82, 2.24) is 9.99 Å². The Hall–Kier alpha value is -3.14. The summed E-state index contributed by atoms with van der Waals surface area (Å²) in [7, 11) is -3.75. The van der Waals surface area contributed by atoms with E-state index in [0.717, 1.165) is 22.6 Å². The van der Waals surface area contributed by atoms with Gasteiger partial charge in [-0.25, -0.2) is 19.0 Å². The number of hydrogen-bond donors (Lipinski definition) is 2. The fourth-order valence-electron chi connectivity index (χ4n) is 3.01. The van der Waals surface area contributed by atoms with Crippen LogP contribution < -0.4 is 15.3 Å². The van der Waals surface area contributed by atoms with Crippen molar-refractivity contribution in [2.45, 2.75) is 18.7 Å². The van der Waals surface area contributed by atoms with Gasteiger partial charge in [-0.3, -0.25) is 4.79 Å². The summed E-state index contributed by atoms with van der Waals surface area (Å²) in [5.74, 6) is -0.0103. The number of primary sulfonamides is 1. The van der Waals surface area contributed by atoms with Crippen molar-refractivity contribution in [1.29, 1.82) is 0 Å². The maximum absolute atomic E-state index is 12.0. The molecule has 0 spiro atoms. The highest BCUT2D eigenvalue weighted by atomic mass is 35.5. The number of para-hydroxylation sites is 1. The minimum Gasteiger partial charge on any atom is -0.482 e. The molecule has 10 heteroatoms. The second-order valence-electron chi connectivity index (χ2n) is 6.71.